The van der Waals surface area contributed by atoms with Crippen molar-refractivity contribution in [3.8, 4) is 0 Å². The largest absolute Gasteiger partial charge is 0.390 e. The maximum absolute atomic E-state index is 11.3. The summed E-state index contributed by atoms with van der Waals surface area (Å²) in [6, 6.07) is 0. The Labute approximate surface area is 167 Å². The fourth-order valence-electron chi connectivity index (χ4n) is 8.00. The molecule has 3 nitrogen and oxygen atoms in total. The molecular formula is C23H38O3S. The maximum atomic E-state index is 11.3. The summed E-state index contributed by atoms with van der Waals surface area (Å²) in [5.74, 6) is 4.27. The van der Waals surface area contributed by atoms with Crippen LogP contribution in [-0.2, 0) is 10.7 Å². The van der Waals surface area contributed by atoms with Crippen LogP contribution in [0.2, 0.25) is 0 Å². The lowest BCUT2D eigenvalue weighted by Gasteiger charge is -2.55. The molecule has 0 amide bonds. The van der Waals surface area contributed by atoms with E-state index in [2.05, 4.69) is 26.8 Å². The summed E-state index contributed by atoms with van der Waals surface area (Å²) in [4.78, 5) is 0. The molecule has 27 heavy (non-hydrogen) atoms. The van der Waals surface area contributed by atoms with Crippen molar-refractivity contribution < 1.29 is 13.5 Å². The van der Waals surface area contributed by atoms with Crippen LogP contribution >= 0.6 is 0 Å². The Bertz CT molecular complexity index is 675. The molecule has 0 aliphatic heterocycles. The molecule has 0 heterocycles. The molecule has 4 heteroatoms. The first-order chi connectivity index (χ1) is 12.8. The minimum Gasteiger partial charge on any atom is -0.390 e. The summed E-state index contributed by atoms with van der Waals surface area (Å²) < 4.78 is 22.6. The average Bonchev–Trinajstić information content (AvgIpc) is 2.98. The molecule has 3 saturated carbocycles. The summed E-state index contributed by atoms with van der Waals surface area (Å²) in [5, 5.41) is 10.8. The van der Waals surface area contributed by atoms with Crippen LogP contribution in [0.25, 0.3) is 0 Å². The van der Waals surface area contributed by atoms with Crippen LogP contribution in [-0.4, -0.2) is 24.9 Å². The molecule has 0 radical (unpaired) electrons. The highest BCUT2D eigenvalue weighted by Gasteiger charge is 2.57. The van der Waals surface area contributed by atoms with Gasteiger partial charge in [0.05, 0.1) is 11.4 Å². The average molecular weight is 395 g/mol. The van der Waals surface area contributed by atoms with Crippen molar-refractivity contribution in [1.82, 2.24) is 0 Å². The zero-order valence-electron chi connectivity index (χ0n) is 17.3. The molecule has 4 aliphatic rings. The molecule has 154 valence electrons. The fourth-order valence-corrected chi connectivity index (χ4v) is 8.73. The second kappa shape index (κ2) is 7.16. The number of hydrogen-bond acceptors (Lipinski definition) is 3. The van der Waals surface area contributed by atoms with Gasteiger partial charge in [0.2, 0.25) is 0 Å². The monoisotopic (exact) mass is 394 g/mol. The van der Waals surface area contributed by atoms with Gasteiger partial charge >= 0.3 is 0 Å². The Morgan fingerprint density at radius 2 is 1.96 bits per heavy atom. The summed E-state index contributed by atoms with van der Waals surface area (Å²) in [7, 11) is -2.27. The SMILES string of the molecule is CC[C@]1(O)CC[C@H]2C(=CCC3[C@@H]2CC[C@]2(C)[C@@H]([C@H](C)C[SH](=O)=O)CC[C@@H]32)C1. The van der Waals surface area contributed by atoms with Crippen molar-refractivity contribution in [3.05, 3.63) is 11.6 Å². The normalized spacial score (nSPS) is 47.7. The molecule has 0 saturated heterocycles. The number of aliphatic hydroxyl groups is 1. The van der Waals surface area contributed by atoms with Gasteiger partial charge in [-0.3, -0.25) is 0 Å². The quantitative estimate of drug-likeness (QED) is 0.543. The highest BCUT2D eigenvalue weighted by molar-refractivity contribution is 7.72. The van der Waals surface area contributed by atoms with Crippen LogP contribution in [0.5, 0.6) is 0 Å². The van der Waals surface area contributed by atoms with Gasteiger partial charge in [0.25, 0.3) is 0 Å². The van der Waals surface area contributed by atoms with Crippen LogP contribution in [0, 0.1) is 40.9 Å². The third-order valence-electron chi connectivity index (χ3n) is 9.45. The summed E-state index contributed by atoms with van der Waals surface area (Å²) in [6.45, 7) is 6.77. The fraction of sp³-hybridized carbons (Fsp3) is 0.913. The molecule has 1 unspecified atom stereocenters. The Morgan fingerprint density at radius 3 is 2.67 bits per heavy atom. The van der Waals surface area contributed by atoms with Crippen molar-refractivity contribution >= 4 is 10.7 Å². The molecule has 3 fully saturated rings. The number of fused-ring (bicyclic) bond motifs is 5. The van der Waals surface area contributed by atoms with Gasteiger partial charge in [-0.1, -0.05) is 32.4 Å². The summed E-state index contributed by atoms with van der Waals surface area (Å²) in [6.07, 6.45) is 12.7. The lowest BCUT2D eigenvalue weighted by molar-refractivity contribution is -0.0443. The second-order valence-corrected chi connectivity index (χ2v) is 11.6. The molecule has 0 aromatic heterocycles. The number of hydrogen-bond donors (Lipinski definition) is 2. The Hall–Kier alpha value is -0.350. The Kier molecular flexibility index (Phi) is 5.29. The molecule has 4 rings (SSSR count). The van der Waals surface area contributed by atoms with Gasteiger partial charge in [0.15, 0.2) is 0 Å². The van der Waals surface area contributed by atoms with E-state index in [0.29, 0.717) is 28.9 Å². The minimum absolute atomic E-state index is 0.293. The first-order valence-electron chi connectivity index (χ1n) is 11.3. The van der Waals surface area contributed by atoms with Gasteiger partial charge in [-0.15, -0.1) is 0 Å². The van der Waals surface area contributed by atoms with E-state index < -0.39 is 16.3 Å². The number of allylic oxidation sites excluding steroid dienone is 1. The van der Waals surface area contributed by atoms with E-state index in [-0.39, 0.29) is 0 Å². The third-order valence-corrected chi connectivity index (χ3v) is 10.3. The maximum Gasteiger partial charge on any atom is 0.140 e. The molecule has 1 N–H and O–H groups in total. The standard InChI is InChI=1S/C23H38O3S/c1-4-23(24)12-10-17-16(13-23)5-6-19-18(17)9-11-22(3)20(7-8-21(19)22)15(2)14-27(25)26/h5,15,17-21,24,27H,4,6-14H2,1-3H3/t15-,17+,18-,19?,20-,21+,22-,23+/m1/s1. The van der Waals surface area contributed by atoms with E-state index >= 15 is 0 Å². The van der Waals surface area contributed by atoms with Gasteiger partial charge in [-0.2, -0.15) is 0 Å². The van der Waals surface area contributed by atoms with Crippen molar-refractivity contribution in [2.24, 2.45) is 40.9 Å². The molecule has 8 atom stereocenters. The first kappa shape index (κ1) is 19.9. The van der Waals surface area contributed by atoms with E-state index in [0.717, 1.165) is 43.4 Å². The van der Waals surface area contributed by atoms with E-state index in [4.69, 9.17) is 0 Å². The molecular weight excluding hydrogens is 356 g/mol. The van der Waals surface area contributed by atoms with E-state index in [9.17, 15) is 13.5 Å². The Balaban J connectivity index is 1.54. The third kappa shape index (κ3) is 3.33. The van der Waals surface area contributed by atoms with E-state index in [1.807, 2.05) is 0 Å². The molecule has 0 spiro atoms. The van der Waals surface area contributed by atoms with Gasteiger partial charge in [0, 0.05) is 0 Å². The summed E-state index contributed by atoms with van der Waals surface area (Å²) in [5.41, 5.74) is 1.43. The molecule has 0 aromatic rings. The topological polar surface area (TPSA) is 54.4 Å². The van der Waals surface area contributed by atoms with Crippen molar-refractivity contribution in [2.45, 2.75) is 84.2 Å². The number of thiol groups is 1. The lowest BCUT2D eigenvalue weighted by atomic mass is 9.50. The van der Waals surface area contributed by atoms with Crippen LogP contribution in [0.3, 0.4) is 0 Å². The lowest BCUT2D eigenvalue weighted by Crippen LogP contribution is -2.48. The minimum atomic E-state index is -2.27. The molecule has 0 aromatic carbocycles. The Morgan fingerprint density at radius 1 is 1.19 bits per heavy atom. The number of rotatable bonds is 4. The van der Waals surface area contributed by atoms with Crippen molar-refractivity contribution in [2.75, 3.05) is 5.75 Å². The van der Waals surface area contributed by atoms with Gasteiger partial charge in [-0.05, 0) is 98.7 Å². The zero-order chi connectivity index (χ0) is 19.4. The predicted octanol–water partition coefficient (Wildman–Crippen LogP) is 4.56. The highest BCUT2D eigenvalue weighted by Crippen LogP contribution is 2.64. The molecule has 4 aliphatic carbocycles. The van der Waals surface area contributed by atoms with Crippen molar-refractivity contribution in [3.63, 3.8) is 0 Å². The van der Waals surface area contributed by atoms with E-state index in [1.165, 1.54) is 32.1 Å². The highest BCUT2D eigenvalue weighted by atomic mass is 32.2. The van der Waals surface area contributed by atoms with Crippen LogP contribution in [0.15, 0.2) is 11.6 Å². The van der Waals surface area contributed by atoms with Gasteiger partial charge in [-0.25, -0.2) is 8.42 Å². The zero-order valence-corrected chi connectivity index (χ0v) is 18.2. The van der Waals surface area contributed by atoms with Crippen LogP contribution in [0.1, 0.15) is 78.6 Å². The van der Waals surface area contributed by atoms with Gasteiger partial charge in [0.1, 0.15) is 10.7 Å². The summed E-state index contributed by atoms with van der Waals surface area (Å²) >= 11 is 0. The first-order valence-corrected chi connectivity index (χ1v) is 12.7. The van der Waals surface area contributed by atoms with Crippen LogP contribution < -0.4 is 0 Å². The van der Waals surface area contributed by atoms with Crippen molar-refractivity contribution in [1.29, 1.82) is 0 Å². The van der Waals surface area contributed by atoms with E-state index in [1.54, 1.807) is 5.57 Å². The predicted molar refractivity (Wildman–Crippen MR) is 110 cm³/mol. The second-order valence-electron chi connectivity index (χ2n) is 10.6. The van der Waals surface area contributed by atoms with Crippen LogP contribution in [0.4, 0.5) is 0 Å². The molecule has 0 bridgehead atoms. The van der Waals surface area contributed by atoms with Gasteiger partial charge < -0.3 is 5.11 Å². The smallest absolute Gasteiger partial charge is 0.140 e.